The van der Waals surface area contributed by atoms with Gasteiger partial charge in [-0.25, -0.2) is 4.68 Å². The molecule has 0 bridgehead atoms. The standard InChI is InChI=1S/C15H14IN3S/c1-17-15(11-9-14(16)20-10-11)13-7-8-18-19(13)12-5-3-2-4-6-12/h2-10,15,17H,1H3. The highest BCUT2D eigenvalue weighted by Crippen LogP contribution is 2.28. The van der Waals surface area contributed by atoms with Crippen molar-refractivity contribution in [1.82, 2.24) is 15.1 Å². The number of halogens is 1. The van der Waals surface area contributed by atoms with Gasteiger partial charge in [0.15, 0.2) is 0 Å². The molecule has 0 saturated carbocycles. The van der Waals surface area contributed by atoms with Crippen LogP contribution in [0.15, 0.2) is 54.0 Å². The molecule has 102 valence electrons. The second-order valence-electron chi connectivity index (χ2n) is 4.41. The van der Waals surface area contributed by atoms with Gasteiger partial charge in [-0.3, -0.25) is 0 Å². The van der Waals surface area contributed by atoms with E-state index in [-0.39, 0.29) is 6.04 Å². The molecule has 0 radical (unpaired) electrons. The summed E-state index contributed by atoms with van der Waals surface area (Å²) in [7, 11) is 1.98. The maximum atomic E-state index is 4.47. The van der Waals surface area contributed by atoms with Crippen molar-refractivity contribution < 1.29 is 0 Å². The number of hydrogen-bond acceptors (Lipinski definition) is 3. The van der Waals surface area contributed by atoms with Gasteiger partial charge in [0, 0.05) is 6.20 Å². The predicted octanol–water partition coefficient (Wildman–Crippen LogP) is 3.85. The van der Waals surface area contributed by atoms with Crippen molar-refractivity contribution in [3.05, 3.63) is 68.2 Å². The minimum Gasteiger partial charge on any atom is -0.308 e. The van der Waals surface area contributed by atoms with Crippen molar-refractivity contribution in [1.29, 1.82) is 0 Å². The molecule has 3 aromatic rings. The Morgan fingerprint density at radius 3 is 2.70 bits per heavy atom. The van der Waals surface area contributed by atoms with Crippen molar-refractivity contribution in [2.75, 3.05) is 7.05 Å². The van der Waals surface area contributed by atoms with Crippen LogP contribution in [0.1, 0.15) is 17.3 Å². The summed E-state index contributed by atoms with van der Waals surface area (Å²) in [5.41, 5.74) is 3.50. The topological polar surface area (TPSA) is 29.9 Å². The lowest BCUT2D eigenvalue weighted by atomic mass is 10.1. The van der Waals surface area contributed by atoms with Gasteiger partial charge in [0.1, 0.15) is 0 Å². The molecule has 0 aliphatic rings. The second-order valence-corrected chi connectivity index (χ2v) is 7.21. The zero-order valence-electron chi connectivity index (χ0n) is 11.0. The molecule has 0 amide bonds. The SMILES string of the molecule is CNC(c1csc(I)c1)c1ccnn1-c1ccccc1. The van der Waals surface area contributed by atoms with E-state index in [0.29, 0.717) is 0 Å². The van der Waals surface area contributed by atoms with E-state index in [4.69, 9.17) is 0 Å². The van der Waals surface area contributed by atoms with Gasteiger partial charge >= 0.3 is 0 Å². The summed E-state index contributed by atoms with van der Waals surface area (Å²) in [6, 6.07) is 14.7. The molecule has 1 unspecified atom stereocenters. The Balaban J connectivity index is 2.04. The molecule has 0 saturated heterocycles. The maximum Gasteiger partial charge on any atom is 0.0758 e. The van der Waals surface area contributed by atoms with Gasteiger partial charge in [-0.2, -0.15) is 5.10 Å². The van der Waals surface area contributed by atoms with Gasteiger partial charge in [0.05, 0.1) is 20.3 Å². The molecule has 0 fully saturated rings. The largest absolute Gasteiger partial charge is 0.308 e. The summed E-state index contributed by atoms with van der Waals surface area (Å²) in [5.74, 6) is 0. The third-order valence-corrected chi connectivity index (χ3v) is 4.99. The van der Waals surface area contributed by atoms with Crippen molar-refractivity contribution in [3.63, 3.8) is 0 Å². The van der Waals surface area contributed by atoms with Gasteiger partial charge < -0.3 is 5.32 Å². The molecular formula is C15H14IN3S. The molecule has 3 rings (SSSR count). The lowest BCUT2D eigenvalue weighted by Gasteiger charge is -2.17. The Labute approximate surface area is 135 Å². The summed E-state index contributed by atoms with van der Waals surface area (Å²) in [6.07, 6.45) is 1.85. The molecule has 1 N–H and O–H groups in total. The highest BCUT2D eigenvalue weighted by Gasteiger charge is 2.18. The molecule has 0 aliphatic heterocycles. The van der Waals surface area contributed by atoms with Gasteiger partial charge in [-0.1, -0.05) is 18.2 Å². The van der Waals surface area contributed by atoms with Crippen LogP contribution in [-0.4, -0.2) is 16.8 Å². The smallest absolute Gasteiger partial charge is 0.0758 e. The Hall–Kier alpha value is -1.18. The first-order chi connectivity index (χ1) is 9.79. The Morgan fingerprint density at radius 1 is 1.25 bits per heavy atom. The van der Waals surface area contributed by atoms with Crippen LogP contribution < -0.4 is 5.32 Å². The quantitative estimate of drug-likeness (QED) is 0.681. The van der Waals surface area contributed by atoms with E-state index in [1.165, 1.54) is 8.45 Å². The van der Waals surface area contributed by atoms with Crippen molar-refractivity contribution in [3.8, 4) is 5.69 Å². The number of aromatic nitrogens is 2. The molecule has 0 spiro atoms. The van der Waals surface area contributed by atoms with Crippen LogP contribution in [-0.2, 0) is 0 Å². The van der Waals surface area contributed by atoms with Crippen LogP contribution in [0.3, 0.4) is 0 Å². The normalized spacial score (nSPS) is 12.5. The first-order valence-electron chi connectivity index (χ1n) is 6.30. The highest BCUT2D eigenvalue weighted by atomic mass is 127. The lowest BCUT2D eigenvalue weighted by molar-refractivity contribution is 0.639. The number of para-hydroxylation sites is 1. The number of hydrogen-bond donors (Lipinski definition) is 1. The first kappa shape index (κ1) is 13.8. The Bertz CT molecular complexity index is 690. The van der Waals surface area contributed by atoms with Gasteiger partial charge in [-0.15, -0.1) is 11.3 Å². The average molecular weight is 395 g/mol. The molecule has 1 aromatic carbocycles. The van der Waals surface area contributed by atoms with E-state index in [0.717, 1.165) is 11.4 Å². The second kappa shape index (κ2) is 6.07. The maximum absolute atomic E-state index is 4.47. The predicted molar refractivity (Wildman–Crippen MR) is 91.5 cm³/mol. The third-order valence-electron chi connectivity index (χ3n) is 3.18. The van der Waals surface area contributed by atoms with Gasteiger partial charge in [0.25, 0.3) is 0 Å². The molecule has 2 aromatic heterocycles. The first-order valence-corrected chi connectivity index (χ1v) is 8.26. The van der Waals surface area contributed by atoms with E-state index in [1.54, 1.807) is 11.3 Å². The van der Waals surface area contributed by atoms with Crippen molar-refractivity contribution >= 4 is 33.9 Å². The van der Waals surface area contributed by atoms with Crippen LogP contribution in [0.5, 0.6) is 0 Å². The lowest BCUT2D eigenvalue weighted by Crippen LogP contribution is -2.20. The van der Waals surface area contributed by atoms with E-state index in [9.17, 15) is 0 Å². The fourth-order valence-corrected chi connectivity index (χ4v) is 3.68. The fraction of sp³-hybridized carbons (Fsp3) is 0.133. The highest BCUT2D eigenvalue weighted by molar-refractivity contribution is 14.1. The summed E-state index contributed by atoms with van der Waals surface area (Å²) in [6.45, 7) is 0. The van der Waals surface area contributed by atoms with E-state index in [2.05, 4.69) is 62.7 Å². The summed E-state index contributed by atoms with van der Waals surface area (Å²) in [4.78, 5) is 0. The summed E-state index contributed by atoms with van der Waals surface area (Å²) < 4.78 is 3.29. The monoisotopic (exact) mass is 395 g/mol. The Kier molecular flexibility index (Phi) is 4.18. The average Bonchev–Trinajstić information content (AvgIpc) is 3.11. The molecule has 1 atom stereocenters. The van der Waals surface area contributed by atoms with Gasteiger partial charge in [-0.05, 0) is 64.8 Å². The number of benzene rings is 1. The van der Waals surface area contributed by atoms with Crippen molar-refractivity contribution in [2.24, 2.45) is 0 Å². The zero-order valence-corrected chi connectivity index (χ0v) is 13.9. The molecular weight excluding hydrogens is 381 g/mol. The van der Waals surface area contributed by atoms with E-state index < -0.39 is 0 Å². The number of nitrogens with one attached hydrogen (secondary N) is 1. The van der Waals surface area contributed by atoms with E-state index >= 15 is 0 Å². The molecule has 0 aliphatic carbocycles. The molecule has 2 heterocycles. The minimum absolute atomic E-state index is 0.150. The summed E-state index contributed by atoms with van der Waals surface area (Å²) >= 11 is 4.12. The van der Waals surface area contributed by atoms with Crippen molar-refractivity contribution in [2.45, 2.75) is 6.04 Å². The van der Waals surface area contributed by atoms with Crippen LogP contribution in [0.2, 0.25) is 0 Å². The Morgan fingerprint density at radius 2 is 2.05 bits per heavy atom. The molecule has 3 nitrogen and oxygen atoms in total. The number of thiophene rings is 1. The number of rotatable bonds is 4. The molecule has 5 heteroatoms. The van der Waals surface area contributed by atoms with Crippen LogP contribution in [0.25, 0.3) is 5.69 Å². The summed E-state index contributed by atoms with van der Waals surface area (Å²) in [5, 5.41) is 10.1. The van der Waals surface area contributed by atoms with E-state index in [1.807, 2.05) is 36.1 Å². The van der Waals surface area contributed by atoms with Crippen LogP contribution >= 0.6 is 33.9 Å². The van der Waals surface area contributed by atoms with Crippen LogP contribution in [0.4, 0.5) is 0 Å². The fourth-order valence-electron chi connectivity index (χ4n) is 2.28. The zero-order chi connectivity index (χ0) is 13.9. The van der Waals surface area contributed by atoms with Crippen LogP contribution in [0, 0.1) is 2.88 Å². The molecule has 20 heavy (non-hydrogen) atoms. The van der Waals surface area contributed by atoms with Gasteiger partial charge in [0.2, 0.25) is 0 Å². The number of nitrogens with zero attached hydrogens (tertiary/aromatic N) is 2. The third kappa shape index (κ3) is 2.65. The minimum atomic E-state index is 0.150.